The van der Waals surface area contributed by atoms with Crippen molar-refractivity contribution in [1.29, 1.82) is 0 Å². The average molecular weight is 299 g/mol. The summed E-state index contributed by atoms with van der Waals surface area (Å²) in [6.07, 6.45) is 3.10. The van der Waals surface area contributed by atoms with Crippen LogP contribution in [-0.4, -0.2) is 26.7 Å². The zero-order chi connectivity index (χ0) is 14.0. The van der Waals surface area contributed by atoms with Gasteiger partial charge in [0.15, 0.2) is 11.5 Å². The van der Waals surface area contributed by atoms with Gasteiger partial charge in [-0.2, -0.15) is 14.0 Å². The first-order valence-electron chi connectivity index (χ1n) is 4.77. The average Bonchev–Trinajstić information content (AvgIpc) is 2.24. The van der Waals surface area contributed by atoms with Gasteiger partial charge in [-0.1, -0.05) is 0 Å². The Balaban J connectivity index is 3.09. The minimum absolute atomic E-state index is 0.444. The van der Waals surface area contributed by atoms with Gasteiger partial charge in [-0.05, 0) is 18.2 Å². The number of hydrogen-bond acceptors (Lipinski definition) is 6. The third-order valence-corrected chi connectivity index (χ3v) is 5.42. The Bertz CT molecular complexity index is 417. The summed E-state index contributed by atoms with van der Waals surface area (Å²) in [5, 5.41) is 0. The second-order valence-corrected chi connectivity index (χ2v) is 7.89. The molecule has 1 aromatic carbocycles. The van der Waals surface area contributed by atoms with E-state index < -0.39 is 20.6 Å². The fourth-order valence-corrected chi connectivity index (χ4v) is 3.97. The summed E-state index contributed by atoms with van der Waals surface area (Å²) in [6.45, 7) is 0. The fraction of sp³-hybridized carbons (Fsp3) is 0.400. The van der Waals surface area contributed by atoms with Crippen LogP contribution in [0.4, 0.5) is 0 Å². The Kier molecular flexibility index (Phi) is 4.71. The molecule has 0 unspecified atom stereocenters. The maximum absolute atomic E-state index is 10.7. The molecule has 0 bridgehead atoms. The van der Waals surface area contributed by atoms with E-state index in [2.05, 4.69) is 3.74 Å². The molecule has 0 amide bonds. The Morgan fingerprint density at radius 2 is 1.56 bits per heavy atom. The summed E-state index contributed by atoms with van der Waals surface area (Å²) in [5.41, 5.74) is 0. The molecule has 0 aromatic heterocycles. The van der Waals surface area contributed by atoms with Gasteiger partial charge < -0.3 is 9.47 Å². The van der Waals surface area contributed by atoms with E-state index in [9.17, 15) is 14.0 Å². The van der Waals surface area contributed by atoms with Crippen LogP contribution in [-0.2, 0) is 3.74 Å². The Hall–Kier alpha value is -0.700. The molecule has 0 aliphatic rings. The molecule has 0 N–H and O–H groups in total. The van der Waals surface area contributed by atoms with Gasteiger partial charge in [0.25, 0.3) is 0 Å². The van der Waals surface area contributed by atoms with Crippen molar-refractivity contribution in [1.82, 2.24) is 0 Å². The van der Waals surface area contributed by atoms with E-state index in [1.165, 1.54) is 14.2 Å². The van der Waals surface area contributed by atoms with Gasteiger partial charge in [0, 0.05) is 27.7 Å². The molecule has 0 aliphatic heterocycles. The van der Waals surface area contributed by atoms with Crippen LogP contribution in [0.15, 0.2) is 23.1 Å². The van der Waals surface area contributed by atoms with Gasteiger partial charge in [-0.25, -0.2) is 0 Å². The van der Waals surface area contributed by atoms with E-state index >= 15 is 0 Å². The first-order chi connectivity index (χ1) is 8.19. The highest BCUT2D eigenvalue weighted by Gasteiger charge is 2.34. The van der Waals surface area contributed by atoms with Crippen molar-refractivity contribution in [2.75, 3.05) is 26.7 Å². The van der Waals surface area contributed by atoms with Gasteiger partial charge >= 0.3 is 0 Å². The van der Waals surface area contributed by atoms with Crippen molar-refractivity contribution in [3.05, 3.63) is 18.2 Å². The number of ether oxygens (including phenoxy) is 2. The monoisotopic (exact) mass is 298 g/mol. The molecule has 0 aliphatic carbocycles. The van der Waals surface area contributed by atoms with Gasteiger partial charge in [0.1, 0.15) is 3.74 Å². The van der Waals surface area contributed by atoms with E-state index in [-0.39, 0.29) is 0 Å². The molecule has 0 atom stereocenters. The zero-order valence-electron chi connectivity index (χ0n) is 10.5. The molecule has 18 heavy (non-hydrogen) atoms. The molecule has 8 heteroatoms. The van der Waals surface area contributed by atoms with E-state index in [4.69, 9.17) is 9.47 Å². The van der Waals surface area contributed by atoms with Crippen LogP contribution in [0, 0.1) is 10.2 Å². The Morgan fingerprint density at radius 3 is 2.00 bits per heavy atom. The highest BCUT2D eigenvalue weighted by Crippen LogP contribution is 2.53. The minimum Gasteiger partial charge on any atom is -0.493 e. The second kappa shape index (κ2) is 5.52. The first-order valence-corrected chi connectivity index (χ1v) is 8.38. The minimum atomic E-state index is -4.47. The Morgan fingerprint density at radius 1 is 1.00 bits per heavy atom. The van der Waals surface area contributed by atoms with Crippen LogP contribution in [0.5, 0.6) is 11.5 Å². The molecular weight excluding hydrogens is 284 g/mol. The summed E-state index contributed by atoms with van der Waals surface area (Å²) >= 11 is 0. The lowest BCUT2D eigenvalue weighted by Crippen LogP contribution is -2.61. The van der Waals surface area contributed by atoms with Crippen molar-refractivity contribution in [2.24, 2.45) is 0 Å². The summed E-state index contributed by atoms with van der Waals surface area (Å²) < 4.78 is 46.7. The molecule has 6 nitrogen and oxygen atoms in total. The van der Waals surface area contributed by atoms with Crippen molar-refractivity contribution in [2.45, 2.75) is 4.90 Å². The highest BCUT2D eigenvalue weighted by molar-refractivity contribution is 8.28. The molecule has 0 fully saturated rings. The summed E-state index contributed by atoms with van der Waals surface area (Å²) in [7, 11) is -3.74. The van der Waals surface area contributed by atoms with Gasteiger partial charge in [0.2, 0.25) is 0 Å². The van der Waals surface area contributed by atoms with Crippen LogP contribution in [0.3, 0.4) is 0 Å². The first kappa shape index (κ1) is 15.4. The fourth-order valence-electron chi connectivity index (χ4n) is 1.35. The van der Waals surface area contributed by atoms with Crippen LogP contribution >= 0.6 is 10.3 Å². The van der Waals surface area contributed by atoms with Crippen molar-refractivity contribution >= 4 is 10.3 Å². The van der Waals surface area contributed by atoms with E-state index in [0.717, 1.165) is 0 Å². The largest absolute Gasteiger partial charge is 0.493 e. The number of methoxy groups -OCH3 is 2. The molecule has 0 radical (unpaired) electrons. The smallest absolute Gasteiger partial charge is 0.161 e. The maximum Gasteiger partial charge on any atom is 0.161 e. The summed E-state index contributed by atoms with van der Waals surface area (Å²) in [6, 6.07) is 4.85. The second-order valence-electron chi connectivity index (χ2n) is 3.69. The van der Waals surface area contributed by atoms with Gasteiger partial charge in [0.05, 0.1) is 24.5 Å². The molecule has 0 heterocycles. The van der Waals surface area contributed by atoms with Crippen LogP contribution in [0.1, 0.15) is 0 Å². The lowest BCUT2D eigenvalue weighted by atomic mass is 10.3. The molecule has 1 rings (SSSR count). The molecular formula is C10H15ClO6S. The number of benzene rings is 1. The zero-order valence-corrected chi connectivity index (χ0v) is 12.0. The van der Waals surface area contributed by atoms with Crippen LogP contribution in [0.2, 0.25) is 0 Å². The van der Waals surface area contributed by atoms with Gasteiger partial charge in [-0.3, -0.25) is 0 Å². The lowest BCUT2D eigenvalue weighted by Gasteiger charge is -2.27. The topological polar surface area (TPSA) is 96.9 Å². The SMILES string of the molecule is COc1ccc(S(C)(C)O[Cl+3]([O-])([O-])[O-])cc1OC. The molecule has 104 valence electrons. The van der Waals surface area contributed by atoms with Crippen molar-refractivity contribution < 1.29 is 37.4 Å². The lowest BCUT2D eigenvalue weighted by molar-refractivity contribution is -1.91. The van der Waals surface area contributed by atoms with Crippen molar-refractivity contribution in [3.8, 4) is 11.5 Å². The van der Waals surface area contributed by atoms with Crippen LogP contribution < -0.4 is 23.5 Å². The Labute approximate surface area is 109 Å². The quantitative estimate of drug-likeness (QED) is 0.688. The van der Waals surface area contributed by atoms with E-state index in [1.54, 1.807) is 30.7 Å². The molecule has 0 saturated heterocycles. The predicted octanol–water partition coefficient (Wildman–Crippen LogP) is -1.04. The predicted molar refractivity (Wildman–Crippen MR) is 58.3 cm³/mol. The third-order valence-electron chi connectivity index (χ3n) is 2.16. The van der Waals surface area contributed by atoms with Crippen LogP contribution in [0.25, 0.3) is 0 Å². The highest BCUT2D eigenvalue weighted by atomic mass is 35.7. The van der Waals surface area contributed by atoms with E-state index in [1.807, 2.05) is 0 Å². The summed E-state index contributed by atoms with van der Waals surface area (Å²) in [4.78, 5) is 0.562. The molecule has 0 spiro atoms. The normalized spacial score (nSPS) is 13.3. The number of hydrogen-bond donors (Lipinski definition) is 0. The molecule has 0 saturated carbocycles. The standard InChI is InChI=1S/C10H15ClO6S/c1-15-9-6-5-8(7-10(9)16-2)18(3,4)17-11(12,13)14/h5-7H,1-4H3. The third kappa shape index (κ3) is 3.91. The number of halogens is 1. The van der Waals surface area contributed by atoms with Crippen molar-refractivity contribution in [3.63, 3.8) is 0 Å². The van der Waals surface area contributed by atoms with Gasteiger partial charge in [-0.15, -0.1) is 0 Å². The van der Waals surface area contributed by atoms with E-state index in [0.29, 0.717) is 16.4 Å². The summed E-state index contributed by atoms with van der Waals surface area (Å²) in [5.74, 6) is 0.957. The molecule has 1 aromatic rings. The number of rotatable bonds is 5. The maximum atomic E-state index is 10.7.